The topological polar surface area (TPSA) is 105 Å². The first-order valence-corrected chi connectivity index (χ1v) is 10.8. The van der Waals surface area contributed by atoms with Crippen molar-refractivity contribution >= 4 is 21.8 Å². The second-order valence-corrected chi connectivity index (χ2v) is 8.01. The predicted molar refractivity (Wildman–Crippen MR) is 109 cm³/mol. The summed E-state index contributed by atoms with van der Waals surface area (Å²) in [5.74, 6) is -1.72. The molecule has 0 radical (unpaired) electrons. The summed E-state index contributed by atoms with van der Waals surface area (Å²) >= 11 is 0. The van der Waals surface area contributed by atoms with Crippen LogP contribution in [0.3, 0.4) is 0 Å². The van der Waals surface area contributed by atoms with Crippen molar-refractivity contribution in [2.24, 2.45) is 0 Å². The molecule has 2 aromatic rings. The van der Waals surface area contributed by atoms with Gasteiger partial charge in [0.15, 0.2) is 0 Å². The number of rotatable bonds is 8. The quantitative estimate of drug-likeness (QED) is 0.617. The molecule has 2 aromatic carbocycles. The standard InChI is InChI=1S/C20H24FN3O5S/c1-4-24(5-2)30(27,28)18-13-15(9-12-17(18)21)20(26)23-22-19(25)14-7-10-16(11-8-14)29-6-3/h7-13H,4-6H2,1-3H3,(H,22,25)(H,23,26). The highest BCUT2D eigenvalue weighted by Gasteiger charge is 2.26. The van der Waals surface area contributed by atoms with Crippen molar-refractivity contribution in [3.8, 4) is 5.75 Å². The normalized spacial score (nSPS) is 11.2. The third-order valence-corrected chi connectivity index (χ3v) is 6.30. The van der Waals surface area contributed by atoms with E-state index in [1.807, 2.05) is 6.92 Å². The maximum atomic E-state index is 14.2. The van der Waals surface area contributed by atoms with Crippen molar-refractivity contribution in [3.63, 3.8) is 0 Å². The van der Waals surface area contributed by atoms with Gasteiger partial charge in [-0.05, 0) is 49.4 Å². The highest BCUT2D eigenvalue weighted by Crippen LogP contribution is 2.21. The molecule has 0 aliphatic carbocycles. The fourth-order valence-corrected chi connectivity index (χ4v) is 4.22. The van der Waals surface area contributed by atoms with Crippen LogP contribution in [0.4, 0.5) is 4.39 Å². The van der Waals surface area contributed by atoms with E-state index in [9.17, 15) is 22.4 Å². The fourth-order valence-electron chi connectivity index (χ4n) is 2.67. The lowest BCUT2D eigenvalue weighted by Gasteiger charge is -2.19. The van der Waals surface area contributed by atoms with Crippen LogP contribution < -0.4 is 15.6 Å². The maximum Gasteiger partial charge on any atom is 0.269 e. The van der Waals surface area contributed by atoms with Gasteiger partial charge in [-0.3, -0.25) is 20.4 Å². The molecule has 0 aromatic heterocycles. The van der Waals surface area contributed by atoms with Crippen LogP contribution in [0, 0.1) is 5.82 Å². The van der Waals surface area contributed by atoms with E-state index in [-0.39, 0.29) is 24.2 Å². The van der Waals surface area contributed by atoms with Gasteiger partial charge >= 0.3 is 0 Å². The number of carbonyl (C=O) groups excluding carboxylic acids is 2. The third kappa shape index (κ3) is 5.33. The van der Waals surface area contributed by atoms with Gasteiger partial charge in [0, 0.05) is 24.2 Å². The lowest BCUT2D eigenvalue weighted by atomic mass is 10.2. The number of carbonyl (C=O) groups is 2. The minimum atomic E-state index is -4.09. The van der Waals surface area contributed by atoms with Crippen LogP contribution in [-0.4, -0.2) is 44.2 Å². The van der Waals surface area contributed by atoms with Crippen LogP contribution in [0.2, 0.25) is 0 Å². The Morgan fingerprint density at radius 2 is 1.47 bits per heavy atom. The van der Waals surface area contributed by atoms with E-state index in [0.29, 0.717) is 12.4 Å². The smallest absolute Gasteiger partial charge is 0.269 e. The molecule has 0 heterocycles. The van der Waals surface area contributed by atoms with Gasteiger partial charge in [0.2, 0.25) is 10.0 Å². The zero-order valence-corrected chi connectivity index (χ0v) is 17.8. The number of halogens is 1. The van der Waals surface area contributed by atoms with Gasteiger partial charge < -0.3 is 4.74 Å². The Kier molecular flexibility index (Phi) is 7.90. The molecule has 2 N–H and O–H groups in total. The summed E-state index contributed by atoms with van der Waals surface area (Å²) in [6.07, 6.45) is 0. The first-order chi connectivity index (χ1) is 14.2. The Balaban J connectivity index is 2.13. The van der Waals surface area contributed by atoms with Crippen LogP contribution in [0.1, 0.15) is 41.5 Å². The van der Waals surface area contributed by atoms with Crippen molar-refractivity contribution in [1.29, 1.82) is 0 Å². The molecule has 0 fully saturated rings. The molecule has 0 aliphatic rings. The first kappa shape index (κ1) is 23.3. The van der Waals surface area contributed by atoms with Crippen LogP contribution >= 0.6 is 0 Å². The number of nitrogens with one attached hydrogen (secondary N) is 2. The summed E-state index contributed by atoms with van der Waals surface area (Å²) in [5.41, 5.74) is 4.59. The van der Waals surface area contributed by atoms with Gasteiger partial charge in [-0.2, -0.15) is 4.31 Å². The zero-order chi connectivity index (χ0) is 22.3. The van der Waals surface area contributed by atoms with Crippen molar-refractivity contribution < 1.29 is 27.1 Å². The number of nitrogens with zero attached hydrogens (tertiary/aromatic N) is 1. The monoisotopic (exact) mass is 437 g/mol. The molecule has 30 heavy (non-hydrogen) atoms. The number of hydrogen-bond donors (Lipinski definition) is 2. The summed E-state index contributed by atoms with van der Waals surface area (Å²) in [6, 6.07) is 9.27. The fraction of sp³-hybridized carbons (Fsp3) is 0.300. The molecule has 0 atom stereocenters. The van der Waals surface area contributed by atoms with Crippen molar-refractivity contribution in [1.82, 2.24) is 15.2 Å². The van der Waals surface area contributed by atoms with Crippen molar-refractivity contribution in [2.75, 3.05) is 19.7 Å². The lowest BCUT2D eigenvalue weighted by molar-refractivity contribution is 0.0846. The number of ether oxygens (including phenoxy) is 1. The molecule has 2 rings (SSSR count). The van der Waals surface area contributed by atoms with E-state index in [4.69, 9.17) is 4.74 Å². The molecular formula is C20H24FN3O5S. The van der Waals surface area contributed by atoms with Gasteiger partial charge in [-0.25, -0.2) is 12.8 Å². The Hall–Kier alpha value is -2.98. The molecule has 10 heteroatoms. The van der Waals surface area contributed by atoms with Crippen LogP contribution in [0.15, 0.2) is 47.4 Å². The summed E-state index contributed by atoms with van der Waals surface area (Å²) in [5, 5.41) is 0. The molecule has 0 saturated carbocycles. The number of benzene rings is 2. The van der Waals surface area contributed by atoms with Gasteiger partial charge in [0.1, 0.15) is 16.5 Å². The number of sulfonamides is 1. The zero-order valence-electron chi connectivity index (χ0n) is 16.9. The second kappa shape index (κ2) is 10.2. The summed E-state index contributed by atoms with van der Waals surface area (Å²) in [6.45, 7) is 5.91. The number of hydrazine groups is 1. The summed E-state index contributed by atoms with van der Waals surface area (Å²) in [4.78, 5) is 23.9. The van der Waals surface area contributed by atoms with Gasteiger partial charge in [-0.15, -0.1) is 0 Å². The number of hydrogen-bond acceptors (Lipinski definition) is 5. The van der Waals surface area contributed by atoms with E-state index >= 15 is 0 Å². The van der Waals surface area contributed by atoms with E-state index in [2.05, 4.69) is 10.9 Å². The molecule has 0 unspecified atom stereocenters. The molecule has 162 valence electrons. The minimum Gasteiger partial charge on any atom is -0.494 e. The predicted octanol–water partition coefficient (Wildman–Crippen LogP) is 2.33. The molecule has 2 amide bonds. The van der Waals surface area contributed by atoms with Gasteiger partial charge in [-0.1, -0.05) is 13.8 Å². The Morgan fingerprint density at radius 3 is 2.00 bits per heavy atom. The average Bonchev–Trinajstić information content (AvgIpc) is 2.73. The second-order valence-electron chi connectivity index (χ2n) is 6.10. The number of amides is 2. The molecule has 8 nitrogen and oxygen atoms in total. The van der Waals surface area contributed by atoms with Gasteiger partial charge in [0.25, 0.3) is 11.8 Å². The van der Waals surface area contributed by atoms with E-state index in [1.165, 1.54) is 12.1 Å². The maximum absolute atomic E-state index is 14.2. The van der Waals surface area contributed by atoms with Crippen LogP contribution in [0.25, 0.3) is 0 Å². The Bertz CT molecular complexity index is 1010. The highest BCUT2D eigenvalue weighted by atomic mass is 32.2. The van der Waals surface area contributed by atoms with Gasteiger partial charge in [0.05, 0.1) is 6.61 Å². The highest BCUT2D eigenvalue weighted by molar-refractivity contribution is 7.89. The SMILES string of the molecule is CCOc1ccc(C(=O)NNC(=O)c2ccc(F)c(S(=O)(=O)N(CC)CC)c2)cc1. The third-order valence-electron chi connectivity index (χ3n) is 4.23. The molecule has 0 bridgehead atoms. The first-order valence-electron chi connectivity index (χ1n) is 9.37. The molecule has 0 spiro atoms. The lowest BCUT2D eigenvalue weighted by Crippen LogP contribution is -2.41. The van der Waals surface area contributed by atoms with Crippen LogP contribution in [0.5, 0.6) is 5.75 Å². The van der Waals surface area contributed by atoms with E-state index in [0.717, 1.165) is 22.5 Å². The minimum absolute atomic E-state index is 0.117. The molecule has 0 aliphatic heterocycles. The molecular weight excluding hydrogens is 413 g/mol. The Labute approximate surface area is 175 Å². The summed E-state index contributed by atoms with van der Waals surface area (Å²) < 4.78 is 45.7. The van der Waals surface area contributed by atoms with E-state index in [1.54, 1.807) is 26.0 Å². The Morgan fingerprint density at radius 1 is 0.933 bits per heavy atom. The molecule has 0 saturated heterocycles. The van der Waals surface area contributed by atoms with Crippen molar-refractivity contribution in [2.45, 2.75) is 25.7 Å². The van der Waals surface area contributed by atoms with E-state index < -0.39 is 32.6 Å². The van der Waals surface area contributed by atoms with Crippen LogP contribution in [-0.2, 0) is 10.0 Å². The average molecular weight is 437 g/mol. The summed E-state index contributed by atoms with van der Waals surface area (Å²) in [7, 11) is -4.09. The van der Waals surface area contributed by atoms with Crippen molar-refractivity contribution in [3.05, 3.63) is 59.4 Å². The largest absolute Gasteiger partial charge is 0.494 e.